The summed E-state index contributed by atoms with van der Waals surface area (Å²) in [6.07, 6.45) is 1.92. The topological polar surface area (TPSA) is 103 Å². The molecule has 2 aromatic rings. The molecule has 0 spiro atoms. The molecule has 1 aliphatic heterocycles. The zero-order valence-corrected chi connectivity index (χ0v) is 13.7. The van der Waals surface area contributed by atoms with E-state index in [1.807, 2.05) is 6.07 Å². The molecule has 0 atom stereocenters. The molecule has 0 saturated heterocycles. The number of hydrogen-bond donors (Lipinski definition) is 1. The van der Waals surface area contributed by atoms with Crippen LogP contribution in [0.2, 0.25) is 0 Å². The van der Waals surface area contributed by atoms with E-state index in [2.05, 4.69) is 9.71 Å². The normalized spacial score (nSPS) is 13.2. The second-order valence-electron chi connectivity index (χ2n) is 5.36. The standard InChI is InChI=1S/C16H14N4O3S/c1-11(21)20-7-6-13-8-14(3-4-15(13)20)24(22,23)19-16-5-2-12(9-17)10-18-16/h2-5,8,10H,6-7H2,1H3,(H,18,19). The molecule has 0 bridgehead atoms. The lowest BCUT2D eigenvalue weighted by atomic mass is 10.2. The maximum atomic E-state index is 12.5. The second kappa shape index (κ2) is 5.94. The first-order chi connectivity index (χ1) is 11.4. The molecule has 1 amide bonds. The van der Waals surface area contributed by atoms with Crippen LogP contribution in [0.15, 0.2) is 41.4 Å². The van der Waals surface area contributed by atoms with E-state index in [4.69, 9.17) is 5.26 Å². The molecule has 0 saturated carbocycles. The Balaban J connectivity index is 1.88. The van der Waals surface area contributed by atoms with Crippen LogP contribution < -0.4 is 9.62 Å². The molecule has 0 fully saturated rings. The molecule has 1 aromatic heterocycles. The average molecular weight is 342 g/mol. The third kappa shape index (κ3) is 2.94. The van der Waals surface area contributed by atoms with Gasteiger partial charge >= 0.3 is 0 Å². The van der Waals surface area contributed by atoms with E-state index in [9.17, 15) is 13.2 Å². The molecule has 8 heteroatoms. The smallest absolute Gasteiger partial charge is 0.263 e. The minimum absolute atomic E-state index is 0.0655. The monoisotopic (exact) mass is 342 g/mol. The average Bonchev–Trinajstić information content (AvgIpc) is 2.98. The SMILES string of the molecule is CC(=O)N1CCc2cc(S(=O)(=O)Nc3ccc(C#N)cn3)ccc21. The van der Waals surface area contributed by atoms with Crippen LogP contribution >= 0.6 is 0 Å². The van der Waals surface area contributed by atoms with E-state index in [1.54, 1.807) is 17.0 Å². The van der Waals surface area contributed by atoms with Crippen LogP contribution in [0.3, 0.4) is 0 Å². The zero-order chi connectivity index (χ0) is 17.3. The predicted molar refractivity (Wildman–Crippen MR) is 87.9 cm³/mol. The Bertz CT molecular complexity index is 946. The largest absolute Gasteiger partial charge is 0.312 e. The fraction of sp³-hybridized carbons (Fsp3) is 0.188. The molecule has 24 heavy (non-hydrogen) atoms. The molecule has 7 nitrogen and oxygen atoms in total. The molecule has 0 aliphatic carbocycles. The third-order valence-corrected chi connectivity index (χ3v) is 5.12. The van der Waals surface area contributed by atoms with Gasteiger partial charge in [-0.2, -0.15) is 5.26 Å². The van der Waals surface area contributed by atoms with Crippen LogP contribution in [0.4, 0.5) is 11.5 Å². The highest BCUT2D eigenvalue weighted by Gasteiger charge is 2.24. The van der Waals surface area contributed by atoms with E-state index >= 15 is 0 Å². The summed E-state index contributed by atoms with van der Waals surface area (Å²) in [5, 5.41) is 8.73. The fourth-order valence-electron chi connectivity index (χ4n) is 2.59. The molecule has 2 heterocycles. The van der Waals surface area contributed by atoms with E-state index < -0.39 is 10.0 Å². The van der Waals surface area contributed by atoms with E-state index in [-0.39, 0.29) is 16.6 Å². The van der Waals surface area contributed by atoms with Gasteiger partial charge in [0, 0.05) is 25.4 Å². The first kappa shape index (κ1) is 16.0. The van der Waals surface area contributed by atoms with Crippen molar-refractivity contribution in [1.82, 2.24) is 4.98 Å². The van der Waals surface area contributed by atoms with Crippen LogP contribution in [0.25, 0.3) is 0 Å². The maximum Gasteiger partial charge on any atom is 0.263 e. The molecule has 3 rings (SSSR count). The predicted octanol–water partition coefficient (Wildman–Crippen LogP) is 1.66. The highest BCUT2D eigenvalue weighted by atomic mass is 32.2. The Labute approximate surface area is 139 Å². The number of pyridine rings is 1. The Morgan fingerprint density at radius 1 is 1.33 bits per heavy atom. The number of benzene rings is 1. The van der Waals surface area contributed by atoms with Crippen molar-refractivity contribution in [2.45, 2.75) is 18.2 Å². The number of amides is 1. The quantitative estimate of drug-likeness (QED) is 0.914. The number of rotatable bonds is 3. The molecule has 0 unspecified atom stereocenters. The molecule has 1 aromatic carbocycles. The highest BCUT2D eigenvalue weighted by molar-refractivity contribution is 7.92. The number of carbonyl (C=O) groups excluding carboxylic acids is 1. The van der Waals surface area contributed by atoms with E-state index in [0.29, 0.717) is 18.5 Å². The van der Waals surface area contributed by atoms with Gasteiger partial charge in [0.15, 0.2) is 0 Å². The minimum atomic E-state index is -3.79. The Morgan fingerprint density at radius 2 is 2.12 bits per heavy atom. The van der Waals surface area contributed by atoms with Crippen molar-refractivity contribution in [1.29, 1.82) is 5.26 Å². The van der Waals surface area contributed by atoms with Gasteiger partial charge in [-0.3, -0.25) is 9.52 Å². The van der Waals surface area contributed by atoms with Crippen LogP contribution in [-0.2, 0) is 21.2 Å². The molecular formula is C16H14N4O3S. The number of carbonyl (C=O) groups is 1. The fourth-order valence-corrected chi connectivity index (χ4v) is 3.65. The van der Waals surface area contributed by atoms with Crippen LogP contribution in [0, 0.1) is 11.3 Å². The van der Waals surface area contributed by atoms with E-state index in [0.717, 1.165) is 11.3 Å². The Hall–Kier alpha value is -2.92. The second-order valence-corrected chi connectivity index (χ2v) is 7.04. The number of aromatic nitrogens is 1. The molecular weight excluding hydrogens is 328 g/mol. The summed E-state index contributed by atoms with van der Waals surface area (Å²) in [6.45, 7) is 2.04. The minimum Gasteiger partial charge on any atom is -0.312 e. The Kier molecular flexibility index (Phi) is 3.95. The van der Waals surface area contributed by atoms with Gasteiger partial charge < -0.3 is 4.90 Å². The van der Waals surface area contributed by atoms with Gasteiger partial charge in [-0.25, -0.2) is 13.4 Å². The van der Waals surface area contributed by atoms with Crippen LogP contribution in [0.5, 0.6) is 0 Å². The van der Waals surface area contributed by atoms with Gasteiger partial charge in [-0.05, 0) is 42.3 Å². The zero-order valence-electron chi connectivity index (χ0n) is 12.9. The highest BCUT2D eigenvalue weighted by Crippen LogP contribution is 2.30. The molecule has 1 aliphatic rings. The number of fused-ring (bicyclic) bond motifs is 1. The van der Waals surface area contributed by atoms with Gasteiger partial charge in [0.2, 0.25) is 5.91 Å². The van der Waals surface area contributed by atoms with Crippen molar-refractivity contribution >= 4 is 27.4 Å². The summed E-state index contributed by atoms with van der Waals surface area (Å²) in [5.74, 6) is 0.0733. The lowest BCUT2D eigenvalue weighted by Crippen LogP contribution is -2.25. The summed E-state index contributed by atoms with van der Waals surface area (Å²) >= 11 is 0. The number of nitrogens with zero attached hydrogens (tertiary/aromatic N) is 3. The van der Waals surface area contributed by atoms with Gasteiger partial charge in [0.1, 0.15) is 11.9 Å². The first-order valence-electron chi connectivity index (χ1n) is 7.21. The molecule has 1 N–H and O–H groups in total. The van der Waals surface area contributed by atoms with Gasteiger partial charge in [-0.1, -0.05) is 0 Å². The van der Waals surface area contributed by atoms with Crippen molar-refractivity contribution in [2.75, 3.05) is 16.2 Å². The molecule has 122 valence electrons. The lowest BCUT2D eigenvalue weighted by molar-refractivity contribution is -0.116. The van der Waals surface area contributed by atoms with Gasteiger partial charge in [0.05, 0.1) is 10.5 Å². The van der Waals surface area contributed by atoms with Crippen molar-refractivity contribution in [3.8, 4) is 6.07 Å². The van der Waals surface area contributed by atoms with Crippen LogP contribution in [-0.4, -0.2) is 25.9 Å². The van der Waals surface area contributed by atoms with Crippen molar-refractivity contribution in [3.63, 3.8) is 0 Å². The summed E-state index contributed by atoms with van der Waals surface area (Å²) in [7, 11) is -3.79. The number of nitriles is 1. The number of nitrogens with one attached hydrogen (secondary N) is 1. The number of sulfonamides is 1. The lowest BCUT2D eigenvalue weighted by Gasteiger charge is -2.15. The number of hydrogen-bond acceptors (Lipinski definition) is 5. The Morgan fingerprint density at radius 3 is 2.75 bits per heavy atom. The van der Waals surface area contributed by atoms with Gasteiger partial charge in [-0.15, -0.1) is 0 Å². The first-order valence-corrected chi connectivity index (χ1v) is 8.69. The number of anilines is 2. The maximum absolute atomic E-state index is 12.5. The van der Waals surface area contributed by atoms with Crippen molar-refractivity contribution in [3.05, 3.63) is 47.7 Å². The third-order valence-electron chi connectivity index (χ3n) is 3.77. The summed E-state index contributed by atoms with van der Waals surface area (Å²) in [6, 6.07) is 9.52. The van der Waals surface area contributed by atoms with Gasteiger partial charge in [0.25, 0.3) is 10.0 Å². The van der Waals surface area contributed by atoms with E-state index in [1.165, 1.54) is 31.3 Å². The van der Waals surface area contributed by atoms with Crippen molar-refractivity contribution < 1.29 is 13.2 Å². The van der Waals surface area contributed by atoms with Crippen molar-refractivity contribution in [2.24, 2.45) is 0 Å². The summed E-state index contributed by atoms with van der Waals surface area (Å²) < 4.78 is 27.3. The van der Waals surface area contributed by atoms with Crippen LogP contribution in [0.1, 0.15) is 18.1 Å². The molecule has 0 radical (unpaired) electrons. The summed E-state index contributed by atoms with van der Waals surface area (Å²) in [5.41, 5.74) is 1.92. The summed E-state index contributed by atoms with van der Waals surface area (Å²) in [4.78, 5) is 17.2.